The number of carboxylic acids is 1. The molecule has 0 radical (unpaired) electrons. The van der Waals surface area contributed by atoms with Crippen LogP contribution in [0.15, 0.2) is 28.7 Å². The van der Waals surface area contributed by atoms with Gasteiger partial charge in [-0.15, -0.1) is 0 Å². The van der Waals surface area contributed by atoms with E-state index in [9.17, 15) is 4.79 Å². The van der Waals surface area contributed by atoms with E-state index in [1.807, 2.05) is 24.3 Å². The van der Waals surface area contributed by atoms with Gasteiger partial charge in [0.25, 0.3) is 0 Å². The molecule has 0 atom stereocenters. The first-order valence-electron chi connectivity index (χ1n) is 7.49. The number of fused-ring (bicyclic) bond motifs is 1. The van der Waals surface area contributed by atoms with Gasteiger partial charge in [-0.3, -0.25) is 9.69 Å². The van der Waals surface area contributed by atoms with Crippen LogP contribution in [0.4, 0.5) is 0 Å². The molecule has 0 saturated carbocycles. The van der Waals surface area contributed by atoms with Gasteiger partial charge >= 0.3 is 5.97 Å². The summed E-state index contributed by atoms with van der Waals surface area (Å²) in [4.78, 5) is 17.4. The van der Waals surface area contributed by atoms with Gasteiger partial charge in [-0.2, -0.15) is 0 Å². The molecule has 1 N–H and O–H groups in total. The van der Waals surface area contributed by atoms with Crippen LogP contribution in [0.3, 0.4) is 0 Å². The molecule has 0 bridgehead atoms. The van der Waals surface area contributed by atoms with Gasteiger partial charge in [0, 0.05) is 6.42 Å². The SMILES string of the molecule is O=C(O)CCC1CCN(Cc2nc3ccccc3o2)CC1. The highest BCUT2D eigenvalue weighted by Gasteiger charge is 2.21. The van der Waals surface area contributed by atoms with Crippen LogP contribution in [-0.2, 0) is 11.3 Å². The largest absolute Gasteiger partial charge is 0.481 e. The van der Waals surface area contributed by atoms with E-state index in [1.165, 1.54) is 0 Å². The number of benzene rings is 1. The molecule has 5 heteroatoms. The predicted octanol–water partition coefficient (Wildman–Crippen LogP) is 2.90. The topological polar surface area (TPSA) is 66.6 Å². The summed E-state index contributed by atoms with van der Waals surface area (Å²) >= 11 is 0. The summed E-state index contributed by atoms with van der Waals surface area (Å²) in [6, 6.07) is 7.80. The monoisotopic (exact) mass is 288 g/mol. The third kappa shape index (κ3) is 3.61. The van der Waals surface area contributed by atoms with E-state index in [0.29, 0.717) is 5.92 Å². The number of carbonyl (C=O) groups is 1. The number of piperidine rings is 1. The maximum atomic E-state index is 10.6. The third-order valence-electron chi connectivity index (χ3n) is 4.17. The van der Waals surface area contributed by atoms with Crippen molar-refractivity contribution in [2.75, 3.05) is 13.1 Å². The molecule has 2 heterocycles. The molecule has 0 aliphatic carbocycles. The molecule has 1 saturated heterocycles. The summed E-state index contributed by atoms with van der Waals surface area (Å²) in [5, 5.41) is 8.73. The Kier molecular flexibility index (Phi) is 4.20. The van der Waals surface area contributed by atoms with Crippen molar-refractivity contribution in [3.8, 4) is 0 Å². The number of hydrogen-bond acceptors (Lipinski definition) is 4. The molecule has 1 aliphatic heterocycles. The number of para-hydroxylation sites is 2. The standard InChI is InChI=1S/C16H20N2O3/c19-16(20)6-5-12-7-9-18(10-8-12)11-15-17-13-3-1-2-4-14(13)21-15/h1-4,12H,5-11H2,(H,19,20). The lowest BCUT2D eigenvalue weighted by Gasteiger charge is -2.30. The summed E-state index contributed by atoms with van der Waals surface area (Å²) in [5.74, 6) is 0.616. The highest BCUT2D eigenvalue weighted by atomic mass is 16.4. The average molecular weight is 288 g/mol. The average Bonchev–Trinajstić information content (AvgIpc) is 2.88. The van der Waals surface area contributed by atoms with E-state index in [-0.39, 0.29) is 6.42 Å². The highest BCUT2D eigenvalue weighted by Crippen LogP contribution is 2.23. The lowest BCUT2D eigenvalue weighted by molar-refractivity contribution is -0.137. The second kappa shape index (κ2) is 6.26. The van der Waals surface area contributed by atoms with Crippen molar-refractivity contribution in [3.63, 3.8) is 0 Å². The van der Waals surface area contributed by atoms with Gasteiger partial charge in [0.05, 0.1) is 6.54 Å². The van der Waals surface area contributed by atoms with E-state index in [1.54, 1.807) is 0 Å². The van der Waals surface area contributed by atoms with Crippen molar-refractivity contribution in [2.24, 2.45) is 5.92 Å². The molecule has 1 aliphatic rings. The molecule has 0 spiro atoms. The Labute approximate surface area is 123 Å². The number of carboxylic acid groups (broad SMARTS) is 1. The van der Waals surface area contributed by atoms with Crippen LogP contribution in [0, 0.1) is 5.92 Å². The van der Waals surface area contributed by atoms with Gasteiger partial charge in [-0.25, -0.2) is 4.98 Å². The summed E-state index contributed by atoms with van der Waals surface area (Å²) in [6.07, 6.45) is 3.21. The number of likely N-dealkylation sites (tertiary alicyclic amines) is 1. The molecule has 21 heavy (non-hydrogen) atoms. The Morgan fingerprint density at radius 2 is 2.10 bits per heavy atom. The second-order valence-electron chi connectivity index (χ2n) is 5.73. The lowest BCUT2D eigenvalue weighted by Crippen LogP contribution is -2.33. The molecular formula is C16H20N2O3. The van der Waals surface area contributed by atoms with E-state index >= 15 is 0 Å². The van der Waals surface area contributed by atoms with E-state index in [4.69, 9.17) is 9.52 Å². The van der Waals surface area contributed by atoms with Gasteiger partial charge in [-0.05, 0) is 50.4 Å². The van der Waals surface area contributed by atoms with Crippen molar-refractivity contribution in [2.45, 2.75) is 32.2 Å². The lowest BCUT2D eigenvalue weighted by atomic mass is 9.92. The van der Waals surface area contributed by atoms with Crippen molar-refractivity contribution >= 4 is 17.1 Å². The van der Waals surface area contributed by atoms with Crippen molar-refractivity contribution in [1.29, 1.82) is 0 Å². The van der Waals surface area contributed by atoms with Gasteiger partial charge in [0.2, 0.25) is 5.89 Å². The molecule has 0 unspecified atom stereocenters. The van der Waals surface area contributed by atoms with Gasteiger partial charge in [-0.1, -0.05) is 12.1 Å². The fourth-order valence-electron chi connectivity index (χ4n) is 2.94. The van der Waals surface area contributed by atoms with Crippen LogP contribution < -0.4 is 0 Å². The number of aromatic nitrogens is 1. The van der Waals surface area contributed by atoms with Gasteiger partial charge < -0.3 is 9.52 Å². The minimum Gasteiger partial charge on any atom is -0.481 e. The normalized spacial score (nSPS) is 17.3. The molecule has 0 amide bonds. The van der Waals surface area contributed by atoms with E-state index in [2.05, 4.69) is 9.88 Å². The Balaban J connectivity index is 1.52. The molecule has 1 aromatic heterocycles. The van der Waals surface area contributed by atoms with Crippen LogP contribution in [0.2, 0.25) is 0 Å². The molecule has 1 fully saturated rings. The molecular weight excluding hydrogens is 268 g/mol. The zero-order valence-corrected chi connectivity index (χ0v) is 12.0. The fourth-order valence-corrected chi connectivity index (χ4v) is 2.94. The number of rotatable bonds is 5. The first kappa shape index (κ1) is 14.1. The van der Waals surface area contributed by atoms with Gasteiger partial charge in [0.1, 0.15) is 5.52 Å². The second-order valence-corrected chi connectivity index (χ2v) is 5.73. The van der Waals surface area contributed by atoms with Crippen LogP contribution in [0.1, 0.15) is 31.6 Å². The maximum absolute atomic E-state index is 10.6. The molecule has 1 aromatic carbocycles. The number of aliphatic carboxylic acids is 1. The summed E-state index contributed by atoms with van der Waals surface area (Å²) in [7, 11) is 0. The summed E-state index contributed by atoms with van der Waals surface area (Å²) in [6.45, 7) is 2.71. The van der Waals surface area contributed by atoms with Crippen molar-refractivity contribution < 1.29 is 14.3 Å². The van der Waals surface area contributed by atoms with Gasteiger partial charge in [0.15, 0.2) is 5.58 Å². The number of oxazole rings is 1. The van der Waals surface area contributed by atoms with E-state index < -0.39 is 5.97 Å². The Morgan fingerprint density at radius 3 is 2.81 bits per heavy atom. The zero-order chi connectivity index (χ0) is 14.7. The number of nitrogens with zero attached hydrogens (tertiary/aromatic N) is 2. The van der Waals surface area contributed by atoms with E-state index in [0.717, 1.165) is 55.9 Å². The Morgan fingerprint density at radius 1 is 1.33 bits per heavy atom. The van der Waals surface area contributed by atoms with Crippen LogP contribution >= 0.6 is 0 Å². The Hall–Kier alpha value is -1.88. The molecule has 2 aromatic rings. The molecule has 5 nitrogen and oxygen atoms in total. The van der Waals surface area contributed by atoms with Crippen LogP contribution in [0.25, 0.3) is 11.1 Å². The predicted molar refractivity (Wildman–Crippen MR) is 78.9 cm³/mol. The quantitative estimate of drug-likeness (QED) is 0.916. The van der Waals surface area contributed by atoms with Crippen LogP contribution in [0.5, 0.6) is 0 Å². The summed E-state index contributed by atoms with van der Waals surface area (Å²) in [5.41, 5.74) is 1.74. The highest BCUT2D eigenvalue weighted by molar-refractivity contribution is 5.72. The van der Waals surface area contributed by atoms with Crippen LogP contribution in [-0.4, -0.2) is 34.0 Å². The number of hydrogen-bond donors (Lipinski definition) is 1. The first-order chi connectivity index (χ1) is 10.2. The minimum absolute atomic E-state index is 0.287. The molecule has 112 valence electrons. The van der Waals surface area contributed by atoms with Crippen molar-refractivity contribution in [1.82, 2.24) is 9.88 Å². The summed E-state index contributed by atoms with van der Waals surface area (Å²) < 4.78 is 5.75. The Bertz CT molecular complexity index is 582. The maximum Gasteiger partial charge on any atom is 0.303 e. The zero-order valence-electron chi connectivity index (χ0n) is 12.0. The smallest absolute Gasteiger partial charge is 0.303 e. The van der Waals surface area contributed by atoms with Crippen molar-refractivity contribution in [3.05, 3.63) is 30.2 Å². The molecule has 3 rings (SSSR count). The fraction of sp³-hybridized carbons (Fsp3) is 0.500. The first-order valence-corrected chi connectivity index (χ1v) is 7.49. The minimum atomic E-state index is -0.691. The third-order valence-corrected chi connectivity index (χ3v) is 4.17.